The third kappa shape index (κ3) is 2.82. The number of halogens is 1. The van der Waals surface area contributed by atoms with Gasteiger partial charge in [-0.2, -0.15) is 0 Å². The Labute approximate surface area is 124 Å². The molecule has 1 aliphatic carbocycles. The Kier molecular flexibility index (Phi) is 3.74. The van der Waals surface area contributed by atoms with Gasteiger partial charge in [-0.05, 0) is 55.0 Å². The van der Waals surface area contributed by atoms with E-state index in [0.29, 0.717) is 0 Å². The number of carbonyl (C=O) groups is 1. The summed E-state index contributed by atoms with van der Waals surface area (Å²) in [6.07, 6.45) is 3.46. The van der Waals surface area contributed by atoms with Crippen LogP contribution in [0.15, 0.2) is 42.5 Å². The van der Waals surface area contributed by atoms with E-state index in [9.17, 15) is 9.18 Å². The van der Waals surface area contributed by atoms with Crippen molar-refractivity contribution in [3.05, 3.63) is 70.5 Å². The van der Waals surface area contributed by atoms with Gasteiger partial charge < -0.3 is 5.32 Å². The van der Waals surface area contributed by atoms with Gasteiger partial charge in [0.05, 0.1) is 11.6 Å². The Morgan fingerprint density at radius 1 is 1.14 bits per heavy atom. The number of benzene rings is 2. The first kappa shape index (κ1) is 13.8. The monoisotopic (exact) mass is 283 g/mol. The lowest BCUT2D eigenvalue weighted by Gasteiger charge is -2.16. The number of fused-ring (bicyclic) bond motifs is 1. The Morgan fingerprint density at radius 3 is 2.71 bits per heavy atom. The summed E-state index contributed by atoms with van der Waals surface area (Å²) in [5.74, 6) is -0.864. The van der Waals surface area contributed by atoms with Crippen LogP contribution in [0.2, 0.25) is 0 Å². The molecule has 108 valence electrons. The molecule has 0 saturated carbocycles. The molecule has 1 atom stereocenters. The molecule has 0 unspecified atom stereocenters. The van der Waals surface area contributed by atoms with Crippen molar-refractivity contribution >= 4 is 5.91 Å². The third-order valence-electron chi connectivity index (χ3n) is 4.09. The van der Waals surface area contributed by atoms with Gasteiger partial charge in [-0.15, -0.1) is 0 Å². The lowest BCUT2D eigenvalue weighted by Crippen LogP contribution is -2.27. The standard InChI is InChI=1S/C18H18FNO/c1-12(14-10-9-13-5-4-6-15(13)11-14)20-18(21)16-7-2-3-8-17(16)19/h2-3,7-12H,4-6H2,1H3,(H,20,21)/t12-/m1/s1. The summed E-state index contributed by atoms with van der Waals surface area (Å²) < 4.78 is 13.6. The van der Waals surface area contributed by atoms with E-state index in [1.807, 2.05) is 6.92 Å². The fourth-order valence-corrected chi connectivity index (χ4v) is 2.86. The highest BCUT2D eigenvalue weighted by molar-refractivity contribution is 5.94. The zero-order valence-corrected chi connectivity index (χ0v) is 12.0. The van der Waals surface area contributed by atoms with Crippen LogP contribution in [-0.2, 0) is 12.8 Å². The maximum absolute atomic E-state index is 13.6. The number of hydrogen-bond acceptors (Lipinski definition) is 1. The lowest BCUT2D eigenvalue weighted by atomic mass is 10.0. The zero-order valence-electron chi connectivity index (χ0n) is 12.0. The molecule has 0 aromatic heterocycles. The van der Waals surface area contributed by atoms with Crippen molar-refractivity contribution in [2.45, 2.75) is 32.2 Å². The molecule has 1 aliphatic rings. The van der Waals surface area contributed by atoms with E-state index in [2.05, 4.69) is 23.5 Å². The smallest absolute Gasteiger partial charge is 0.254 e. The lowest BCUT2D eigenvalue weighted by molar-refractivity contribution is 0.0936. The first-order valence-corrected chi connectivity index (χ1v) is 7.32. The van der Waals surface area contributed by atoms with Gasteiger partial charge in [0.2, 0.25) is 0 Å². The number of amides is 1. The quantitative estimate of drug-likeness (QED) is 0.912. The second-order valence-electron chi connectivity index (χ2n) is 5.56. The average molecular weight is 283 g/mol. The topological polar surface area (TPSA) is 29.1 Å². The molecule has 3 rings (SSSR count). The molecule has 2 nitrogen and oxygen atoms in total. The molecule has 2 aromatic rings. The molecule has 2 aromatic carbocycles. The van der Waals surface area contributed by atoms with Gasteiger partial charge in [0, 0.05) is 0 Å². The summed E-state index contributed by atoms with van der Waals surface area (Å²) in [5, 5.41) is 2.87. The zero-order chi connectivity index (χ0) is 14.8. The van der Waals surface area contributed by atoms with E-state index >= 15 is 0 Å². The molecule has 21 heavy (non-hydrogen) atoms. The van der Waals surface area contributed by atoms with Crippen LogP contribution in [0.25, 0.3) is 0 Å². The van der Waals surface area contributed by atoms with Gasteiger partial charge in [0.1, 0.15) is 5.82 Å². The van der Waals surface area contributed by atoms with Gasteiger partial charge in [-0.25, -0.2) is 4.39 Å². The minimum atomic E-state index is -0.490. The molecule has 1 amide bonds. The van der Waals surface area contributed by atoms with Crippen LogP contribution in [0.4, 0.5) is 4.39 Å². The molecule has 0 radical (unpaired) electrons. The van der Waals surface area contributed by atoms with Gasteiger partial charge in [-0.1, -0.05) is 30.3 Å². The number of hydrogen-bond donors (Lipinski definition) is 1. The van der Waals surface area contributed by atoms with E-state index in [-0.39, 0.29) is 17.5 Å². The molecular formula is C18H18FNO. The average Bonchev–Trinajstić information content (AvgIpc) is 2.94. The van der Waals surface area contributed by atoms with Crippen molar-refractivity contribution in [2.24, 2.45) is 0 Å². The first-order chi connectivity index (χ1) is 10.1. The van der Waals surface area contributed by atoms with E-state index < -0.39 is 5.82 Å². The Bertz CT molecular complexity index is 681. The van der Waals surface area contributed by atoms with Crippen LogP contribution in [0, 0.1) is 5.82 Å². The van der Waals surface area contributed by atoms with Crippen LogP contribution in [0.5, 0.6) is 0 Å². The van der Waals surface area contributed by atoms with Gasteiger partial charge in [0.25, 0.3) is 5.91 Å². The van der Waals surface area contributed by atoms with Crippen molar-refractivity contribution in [1.82, 2.24) is 5.32 Å². The largest absolute Gasteiger partial charge is 0.345 e. The van der Waals surface area contributed by atoms with Crippen molar-refractivity contribution < 1.29 is 9.18 Å². The fourth-order valence-electron chi connectivity index (χ4n) is 2.86. The highest BCUT2D eigenvalue weighted by atomic mass is 19.1. The predicted molar refractivity (Wildman–Crippen MR) is 80.7 cm³/mol. The van der Waals surface area contributed by atoms with Crippen molar-refractivity contribution in [2.75, 3.05) is 0 Å². The molecule has 0 bridgehead atoms. The first-order valence-electron chi connectivity index (χ1n) is 7.32. The van der Waals surface area contributed by atoms with Crippen LogP contribution in [0.1, 0.15) is 46.4 Å². The minimum absolute atomic E-state index is 0.0884. The Hall–Kier alpha value is -2.16. The minimum Gasteiger partial charge on any atom is -0.345 e. The second-order valence-corrected chi connectivity index (χ2v) is 5.56. The summed E-state index contributed by atoms with van der Waals surface area (Å²) >= 11 is 0. The maximum Gasteiger partial charge on any atom is 0.254 e. The van der Waals surface area contributed by atoms with E-state index in [0.717, 1.165) is 18.4 Å². The van der Waals surface area contributed by atoms with Crippen LogP contribution < -0.4 is 5.32 Å². The summed E-state index contributed by atoms with van der Waals surface area (Å²) in [4.78, 5) is 12.1. The summed E-state index contributed by atoms with van der Waals surface area (Å²) in [5.41, 5.74) is 3.94. The second kappa shape index (κ2) is 5.68. The number of rotatable bonds is 3. The summed E-state index contributed by atoms with van der Waals surface area (Å²) in [7, 11) is 0. The van der Waals surface area contributed by atoms with Crippen LogP contribution >= 0.6 is 0 Å². The molecule has 0 heterocycles. The molecule has 0 aliphatic heterocycles. The van der Waals surface area contributed by atoms with Crippen LogP contribution in [0.3, 0.4) is 0 Å². The molecular weight excluding hydrogens is 265 g/mol. The normalized spacial score (nSPS) is 14.6. The summed E-state index contributed by atoms with van der Waals surface area (Å²) in [6, 6.07) is 12.3. The molecule has 0 saturated heterocycles. The number of nitrogens with one attached hydrogen (secondary N) is 1. The fraction of sp³-hybridized carbons (Fsp3) is 0.278. The van der Waals surface area contributed by atoms with Gasteiger partial charge >= 0.3 is 0 Å². The molecule has 0 fully saturated rings. The van der Waals surface area contributed by atoms with E-state index in [1.54, 1.807) is 12.1 Å². The van der Waals surface area contributed by atoms with E-state index in [4.69, 9.17) is 0 Å². The maximum atomic E-state index is 13.6. The van der Waals surface area contributed by atoms with Crippen LogP contribution in [-0.4, -0.2) is 5.91 Å². The Morgan fingerprint density at radius 2 is 1.90 bits per heavy atom. The Balaban J connectivity index is 1.76. The molecule has 0 spiro atoms. The highest BCUT2D eigenvalue weighted by Gasteiger charge is 2.17. The highest BCUT2D eigenvalue weighted by Crippen LogP contribution is 2.25. The van der Waals surface area contributed by atoms with E-state index in [1.165, 1.54) is 29.7 Å². The van der Waals surface area contributed by atoms with Gasteiger partial charge in [-0.3, -0.25) is 4.79 Å². The SMILES string of the molecule is C[C@@H](NC(=O)c1ccccc1F)c1ccc2c(c1)CCC2. The number of carbonyl (C=O) groups excluding carboxylic acids is 1. The van der Waals surface area contributed by atoms with Crippen molar-refractivity contribution in [1.29, 1.82) is 0 Å². The number of aryl methyl sites for hydroxylation is 2. The van der Waals surface area contributed by atoms with Crippen molar-refractivity contribution in [3.8, 4) is 0 Å². The van der Waals surface area contributed by atoms with Gasteiger partial charge in [0.15, 0.2) is 0 Å². The predicted octanol–water partition coefficient (Wildman–Crippen LogP) is 3.81. The molecule has 3 heteroatoms. The summed E-state index contributed by atoms with van der Waals surface area (Å²) in [6.45, 7) is 1.93. The van der Waals surface area contributed by atoms with Crippen molar-refractivity contribution in [3.63, 3.8) is 0 Å². The third-order valence-corrected chi connectivity index (χ3v) is 4.09. The molecule has 1 N–H and O–H groups in total.